The zero-order chi connectivity index (χ0) is 22.4. The Morgan fingerprint density at radius 1 is 1.29 bits per heavy atom. The molecule has 0 aliphatic carbocycles. The first-order valence-electron chi connectivity index (χ1n) is 8.45. The van der Waals surface area contributed by atoms with Crippen molar-refractivity contribution in [3.63, 3.8) is 0 Å². The molecule has 0 aliphatic heterocycles. The number of nitrogens with one attached hydrogen (secondary N) is 2. The maximum Gasteiger partial charge on any atom is 0.271 e. The van der Waals surface area contributed by atoms with Crippen LogP contribution in [-0.2, 0) is 4.79 Å². The van der Waals surface area contributed by atoms with Crippen LogP contribution in [0.4, 0.5) is 17.3 Å². The Kier molecular flexibility index (Phi) is 7.28. The van der Waals surface area contributed by atoms with Crippen molar-refractivity contribution >= 4 is 64.4 Å². The molecule has 0 aliphatic rings. The molecule has 4 N–H and O–H groups in total. The smallest absolute Gasteiger partial charge is 0.271 e. The zero-order valence-electron chi connectivity index (χ0n) is 15.5. The van der Waals surface area contributed by atoms with Crippen molar-refractivity contribution in [3.8, 4) is 0 Å². The van der Waals surface area contributed by atoms with Gasteiger partial charge >= 0.3 is 0 Å². The number of rotatable bonds is 8. The molecular weight excluding hydrogens is 467 g/mol. The molecule has 11 nitrogen and oxygen atoms in total. The van der Waals surface area contributed by atoms with Crippen LogP contribution in [-0.4, -0.2) is 37.7 Å². The lowest BCUT2D eigenvalue weighted by Gasteiger charge is -2.05. The standard InChI is InChI=1S/C17H14Cl2N8O3S/c18-11-5-4-10(14(19)6-11)8-21-23-16-24-25-17(26(16)20)31-9-15(28)22-12-2-1-3-13(7-12)27(29)30/h1-8H,9,20H2,(H,22,28)(H,23,24)/b21-8+. The first kappa shape index (κ1) is 22.3. The topological polar surface area (TPSA) is 153 Å². The number of nitro groups is 1. The van der Waals surface area contributed by atoms with E-state index >= 15 is 0 Å². The first-order valence-corrected chi connectivity index (χ1v) is 10.2. The normalized spacial score (nSPS) is 10.9. The molecule has 1 aromatic heterocycles. The maximum absolute atomic E-state index is 12.1. The Morgan fingerprint density at radius 2 is 2.10 bits per heavy atom. The maximum atomic E-state index is 12.1. The van der Waals surface area contributed by atoms with Gasteiger partial charge in [-0.05, 0) is 18.2 Å². The number of nitrogen functional groups attached to an aromatic ring is 1. The summed E-state index contributed by atoms with van der Waals surface area (Å²) in [5.41, 5.74) is 3.46. The molecule has 1 heterocycles. The number of non-ortho nitro benzene ring substituents is 1. The summed E-state index contributed by atoms with van der Waals surface area (Å²) in [6.45, 7) is 0. The number of hydrogen-bond acceptors (Lipinski definition) is 9. The number of hydrogen-bond donors (Lipinski definition) is 3. The third-order valence-corrected chi connectivity index (χ3v) is 5.17. The summed E-state index contributed by atoms with van der Waals surface area (Å²) >= 11 is 12.9. The lowest BCUT2D eigenvalue weighted by Crippen LogP contribution is -2.17. The minimum Gasteiger partial charge on any atom is -0.334 e. The molecule has 31 heavy (non-hydrogen) atoms. The zero-order valence-corrected chi connectivity index (χ0v) is 17.9. The van der Waals surface area contributed by atoms with Gasteiger partial charge in [-0.2, -0.15) is 5.10 Å². The van der Waals surface area contributed by atoms with E-state index in [1.165, 1.54) is 24.4 Å². The van der Waals surface area contributed by atoms with E-state index in [-0.39, 0.29) is 22.5 Å². The second kappa shape index (κ2) is 10.1. The number of benzene rings is 2. The number of thioether (sulfide) groups is 1. The molecule has 3 aromatic rings. The van der Waals surface area contributed by atoms with Crippen LogP contribution in [0, 0.1) is 10.1 Å². The molecule has 160 valence electrons. The second-order valence-corrected chi connectivity index (χ2v) is 7.64. The van der Waals surface area contributed by atoms with Crippen molar-refractivity contribution in [2.24, 2.45) is 5.10 Å². The van der Waals surface area contributed by atoms with E-state index in [0.717, 1.165) is 16.4 Å². The number of anilines is 2. The van der Waals surface area contributed by atoms with Crippen LogP contribution >= 0.6 is 35.0 Å². The van der Waals surface area contributed by atoms with E-state index in [1.54, 1.807) is 24.3 Å². The fourth-order valence-electron chi connectivity index (χ4n) is 2.24. The Labute approximate surface area is 189 Å². The van der Waals surface area contributed by atoms with Crippen LogP contribution in [0.1, 0.15) is 5.56 Å². The molecule has 1 amide bonds. The molecule has 0 unspecified atom stereocenters. The Balaban J connectivity index is 1.55. The van der Waals surface area contributed by atoms with Crippen LogP contribution in [0.15, 0.2) is 52.7 Å². The van der Waals surface area contributed by atoms with Crippen LogP contribution in [0.3, 0.4) is 0 Å². The molecular formula is C17H14Cl2N8O3S. The highest BCUT2D eigenvalue weighted by atomic mass is 35.5. The number of aromatic nitrogens is 3. The first-order chi connectivity index (χ1) is 14.8. The van der Waals surface area contributed by atoms with Gasteiger partial charge in [0.1, 0.15) is 0 Å². The predicted molar refractivity (Wildman–Crippen MR) is 120 cm³/mol. The van der Waals surface area contributed by atoms with Crippen molar-refractivity contribution in [2.45, 2.75) is 5.16 Å². The highest BCUT2D eigenvalue weighted by Crippen LogP contribution is 2.21. The summed E-state index contributed by atoms with van der Waals surface area (Å²) in [5.74, 6) is 5.62. The van der Waals surface area contributed by atoms with E-state index in [1.807, 2.05) is 0 Å². The molecule has 0 atom stereocenters. The molecule has 14 heteroatoms. The monoisotopic (exact) mass is 480 g/mol. The van der Waals surface area contributed by atoms with Gasteiger partial charge in [0, 0.05) is 28.4 Å². The fraction of sp³-hybridized carbons (Fsp3) is 0.0588. The second-order valence-electron chi connectivity index (χ2n) is 5.86. The van der Waals surface area contributed by atoms with Gasteiger partial charge in [-0.15, -0.1) is 10.2 Å². The summed E-state index contributed by atoms with van der Waals surface area (Å²) in [5, 5.41) is 26.3. The number of nitrogens with zero attached hydrogens (tertiary/aromatic N) is 5. The van der Waals surface area contributed by atoms with Gasteiger partial charge in [0.05, 0.1) is 21.9 Å². The highest BCUT2D eigenvalue weighted by Gasteiger charge is 2.13. The minimum absolute atomic E-state index is 0.0400. The van der Waals surface area contributed by atoms with Crippen LogP contribution in [0.25, 0.3) is 0 Å². The molecule has 0 spiro atoms. The van der Waals surface area contributed by atoms with Gasteiger partial charge in [-0.25, -0.2) is 10.1 Å². The van der Waals surface area contributed by atoms with Gasteiger partial charge < -0.3 is 11.2 Å². The van der Waals surface area contributed by atoms with E-state index in [0.29, 0.717) is 21.3 Å². The van der Waals surface area contributed by atoms with E-state index < -0.39 is 10.8 Å². The van der Waals surface area contributed by atoms with Crippen LogP contribution in [0.2, 0.25) is 10.0 Å². The van der Waals surface area contributed by atoms with Gasteiger partial charge in [0.15, 0.2) is 0 Å². The van der Waals surface area contributed by atoms with Crippen LogP contribution < -0.4 is 16.6 Å². The summed E-state index contributed by atoms with van der Waals surface area (Å²) in [4.78, 5) is 22.4. The lowest BCUT2D eigenvalue weighted by atomic mass is 10.2. The number of amides is 1. The predicted octanol–water partition coefficient (Wildman–Crippen LogP) is 3.38. The fourth-order valence-corrected chi connectivity index (χ4v) is 3.36. The van der Waals surface area contributed by atoms with Crippen molar-refractivity contribution < 1.29 is 9.72 Å². The summed E-state index contributed by atoms with van der Waals surface area (Å²) in [7, 11) is 0. The van der Waals surface area contributed by atoms with Gasteiger partial charge in [0.25, 0.3) is 11.6 Å². The Morgan fingerprint density at radius 3 is 2.84 bits per heavy atom. The van der Waals surface area contributed by atoms with E-state index in [9.17, 15) is 14.9 Å². The molecule has 0 fully saturated rings. The van der Waals surface area contributed by atoms with Crippen molar-refractivity contribution in [1.82, 2.24) is 14.9 Å². The number of nitrogens with two attached hydrogens (primary N) is 1. The van der Waals surface area contributed by atoms with Crippen molar-refractivity contribution in [1.29, 1.82) is 0 Å². The summed E-state index contributed by atoms with van der Waals surface area (Å²) < 4.78 is 1.13. The lowest BCUT2D eigenvalue weighted by molar-refractivity contribution is -0.384. The Hall–Kier alpha value is -3.35. The summed E-state index contributed by atoms with van der Waals surface area (Å²) in [6.07, 6.45) is 1.46. The molecule has 3 rings (SSSR count). The minimum atomic E-state index is -0.542. The number of hydrazone groups is 1. The van der Waals surface area contributed by atoms with Crippen molar-refractivity contribution in [2.75, 3.05) is 22.3 Å². The average Bonchev–Trinajstić information content (AvgIpc) is 3.08. The van der Waals surface area contributed by atoms with Crippen LogP contribution in [0.5, 0.6) is 0 Å². The van der Waals surface area contributed by atoms with Gasteiger partial charge in [-0.1, -0.05) is 47.1 Å². The molecule has 2 aromatic carbocycles. The van der Waals surface area contributed by atoms with Gasteiger partial charge in [-0.3, -0.25) is 14.9 Å². The Bertz CT molecular complexity index is 1150. The van der Waals surface area contributed by atoms with E-state index in [4.69, 9.17) is 29.0 Å². The molecule has 0 radical (unpaired) electrons. The number of nitro benzene ring substituents is 1. The number of carbonyl (C=O) groups excluding carboxylic acids is 1. The quantitative estimate of drug-likeness (QED) is 0.146. The molecule has 0 bridgehead atoms. The third-order valence-electron chi connectivity index (χ3n) is 3.67. The number of halogens is 2. The highest BCUT2D eigenvalue weighted by molar-refractivity contribution is 7.99. The van der Waals surface area contributed by atoms with Crippen molar-refractivity contribution in [3.05, 3.63) is 68.2 Å². The largest absolute Gasteiger partial charge is 0.334 e. The molecule has 0 saturated carbocycles. The summed E-state index contributed by atoms with van der Waals surface area (Å²) in [6, 6.07) is 10.6. The number of carbonyl (C=O) groups is 1. The van der Waals surface area contributed by atoms with E-state index in [2.05, 4.69) is 26.0 Å². The third kappa shape index (κ3) is 6.07. The average molecular weight is 481 g/mol. The SMILES string of the molecule is Nn1c(N/N=C/c2ccc(Cl)cc2Cl)nnc1SCC(=O)Nc1cccc([N+](=O)[O-])c1. The van der Waals surface area contributed by atoms with Gasteiger partial charge in [0.2, 0.25) is 11.1 Å². The molecule has 0 saturated heterocycles.